The van der Waals surface area contributed by atoms with Crippen LogP contribution in [-0.2, 0) is 12.0 Å². The number of thiazole rings is 1. The monoisotopic (exact) mass is 364 g/mol. The van der Waals surface area contributed by atoms with Crippen LogP contribution in [0, 0.1) is 6.92 Å². The quantitative estimate of drug-likeness (QED) is 0.760. The van der Waals surface area contributed by atoms with Crippen molar-refractivity contribution in [2.45, 2.75) is 31.7 Å². The Balaban J connectivity index is 1.55. The fourth-order valence-electron chi connectivity index (χ4n) is 3.90. The van der Waals surface area contributed by atoms with Crippen molar-refractivity contribution >= 4 is 16.5 Å². The number of rotatable bonds is 4. The first-order valence-electron chi connectivity index (χ1n) is 9.07. The van der Waals surface area contributed by atoms with E-state index in [1.807, 2.05) is 13.1 Å². The third-order valence-electron chi connectivity index (χ3n) is 5.43. The molecule has 0 bridgehead atoms. The summed E-state index contributed by atoms with van der Waals surface area (Å²) >= 11 is 1.54. The van der Waals surface area contributed by atoms with Crippen LogP contribution < -0.4 is 5.73 Å². The molecule has 2 N–H and O–H groups in total. The Labute approximate surface area is 158 Å². The van der Waals surface area contributed by atoms with Gasteiger partial charge in [-0.1, -0.05) is 36.4 Å². The maximum Gasteiger partial charge on any atom is 0.180 e. The van der Waals surface area contributed by atoms with E-state index in [-0.39, 0.29) is 5.41 Å². The lowest BCUT2D eigenvalue weighted by molar-refractivity contribution is 0.170. The smallest absolute Gasteiger partial charge is 0.180 e. The second kappa shape index (κ2) is 7.17. The van der Waals surface area contributed by atoms with Crippen molar-refractivity contribution in [1.29, 1.82) is 0 Å². The average molecular weight is 365 g/mol. The summed E-state index contributed by atoms with van der Waals surface area (Å²) in [4.78, 5) is 11.6. The molecule has 3 aromatic rings. The Morgan fingerprint density at radius 3 is 2.50 bits per heavy atom. The molecule has 1 fully saturated rings. The van der Waals surface area contributed by atoms with Crippen molar-refractivity contribution in [3.63, 3.8) is 0 Å². The van der Waals surface area contributed by atoms with Crippen LogP contribution in [0.2, 0.25) is 0 Å². The summed E-state index contributed by atoms with van der Waals surface area (Å²) in [5.41, 5.74) is 10.7. The lowest BCUT2D eigenvalue weighted by Crippen LogP contribution is -2.43. The zero-order valence-electron chi connectivity index (χ0n) is 15.1. The zero-order valence-corrected chi connectivity index (χ0v) is 15.9. The number of aromatic nitrogens is 2. The van der Waals surface area contributed by atoms with Gasteiger partial charge >= 0.3 is 0 Å². The molecule has 26 heavy (non-hydrogen) atoms. The van der Waals surface area contributed by atoms with Crippen LogP contribution in [0.15, 0.2) is 54.0 Å². The topological polar surface area (TPSA) is 55.0 Å². The molecule has 5 heteroatoms. The molecular weight excluding hydrogens is 340 g/mol. The molecule has 134 valence electrons. The molecule has 0 radical (unpaired) electrons. The number of pyridine rings is 1. The lowest BCUT2D eigenvalue weighted by Gasteiger charge is -2.41. The first-order chi connectivity index (χ1) is 12.7. The molecular formula is C21H24N4S. The summed E-state index contributed by atoms with van der Waals surface area (Å²) in [6.45, 7) is 5.07. The van der Waals surface area contributed by atoms with Gasteiger partial charge in [0.25, 0.3) is 0 Å². The van der Waals surface area contributed by atoms with Crippen LogP contribution in [0.3, 0.4) is 0 Å². The van der Waals surface area contributed by atoms with Gasteiger partial charge in [0, 0.05) is 29.2 Å². The molecule has 1 saturated heterocycles. The number of benzene rings is 1. The highest BCUT2D eigenvalue weighted by Crippen LogP contribution is 2.42. The van der Waals surface area contributed by atoms with E-state index in [1.165, 1.54) is 11.1 Å². The zero-order chi connectivity index (χ0) is 18.0. The summed E-state index contributed by atoms with van der Waals surface area (Å²) in [6, 6.07) is 15.1. The Morgan fingerprint density at radius 1 is 1.12 bits per heavy atom. The highest BCUT2D eigenvalue weighted by molar-refractivity contribution is 7.13. The SMILES string of the molecule is Cc1ccc(CN2CCC(c3ccccc3)(c3csc(N)n3)CC2)cn1. The van der Waals surface area contributed by atoms with E-state index in [4.69, 9.17) is 5.73 Å². The van der Waals surface area contributed by atoms with E-state index in [2.05, 4.69) is 62.7 Å². The molecule has 2 aromatic heterocycles. The number of hydrogen-bond acceptors (Lipinski definition) is 5. The van der Waals surface area contributed by atoms with Gasteiger partial charge in [-0.25, -0.2) is 4.98 Å². The van der Waals surface area contributed by atoms with Crippen molar-refractivity contribution in [2.24, 2.45) is 0 Å². The van der Waals surface area contributed by atoms with Gasteiger partial charge in [0.2, 0.25) is 0 Å². The minimum Gasteiger partial charge on any atom is -0.375 e. The summed E-state index contributed by atoms with van der Waals surface area (Å²) < 4.78 is 0. The van der Waals surface area contributed by atoms with Gasteiger partial charge in [0.05, 0.1) is 5.69 Å². The number of anilines is 1. The van der Waals surface area contributed by atoms with E-state index in [0.29, 0.717) is 5.13 Å². The van der Waals surface area contributed by atoms with Crippen LogP contribution in [0.5, 0.6) is 0 Å². The highest BCUT2D eigenvalue weighted by Gasteiger charge is 2.39. The maximum absolute atomic E-state index is 5.95. The molecule has 1 aliphatic heterocycles. The third kappa shape index (κ3) is 3.37. The second-order valence-corrected chi connectivity index (χ2v) is 7.99. The fraction of sp³-hybridized carbons (Fsp3) is 0.333. The Morgan fingerprint density at radius 2 is 1.88 bits per heavy atom. The number of piperidine rings is 1. The van der Waals surface area contributed by atoms with Crippen LogP contribution in [0.25, 0.3) is 0 Å². The maximum atomic E-state index is 5.95. The Bertz CT molecular complexity index is 849. The van der Waals surface area contributed by atoms with Gasteiger partial charge in [-0.3, -0.25) is 9.88 Å². The first-order valence-corrected chi connectivity index (χ1v) is 9.95. The Hall–Kier alpha value is -2.24. The molecule has 0 spiro atoms. The summed E-state index contributed by atoms with van der Waals surface area (Å²) in [7, 11) is 0. The molecule has 0 saturated carbocycles. The minimum atomic E-state index is -0.0304. The molecule has 4 nitrogen and oxygen atoms in total. The number of nitrogen functional groups attached to an aromatic ring is 1. The van der Waals surface area contributed by atoms with E-state index in [1.54, 1.807) is 11.3 Å². The molecule has 0 aliphatic carbocycles. The Kier molecular flexibility index (Phi) is 4.74. The van der Waals surface area contributed by atoms with Crippen LogP contribution in [0.4, 0.5) is 5.13 Å². The summed E-state index contributed by atoms with van der Waals surface area (Å²) in [5.74, 6) is 0. The lowest BCUT2D eigenvalue weighted by atomic mass is 9.70. The van der Waals surface area contributed by atoms with Gasteiger partial charge < -0.3 is 5.73 Å². The summed E-state index contributed by atoms with van der Waals surface area (Å²) in [6.07, 6.45) is 4.11. The molecule has 0 atom stereocenters. The summed E-state index contributed by atoms with van der Waals surface area (Å²) in [5, 5.41) is 2.80. The molecule has 1 aromatic carbocycles. The molecule has 0 amide bonds. The fourth-order valence-corrected chi connectivity index (χ4v) is 4.56. The normalized spacial score (nSPS) is 17.3. The van der Waals surface area contributed by atoms with E-state index >= 15 is 0 Å². The van der Waals surface area contributed by atoms with Gasteiger partial charge in [-0.2, -0.15) is 0 Å². The molecule has 4 rings (SSSR count). The van der Waals surface area contributed by atoms with E-state index < -0.39 is 0 Å². The van der Waals surface area contributed by atoms with Crippen molar-refractivity contribution in [2.75, 3.05) is 18.8 Å². The second-order valence-electron chi connectivity index (χ2n) is 7.10. The average Bonchev–Trinajstić information content (AvgIpc) is 3.12. The third-order valence-corrected chi connectivity index (χ3v) is 6.10. The van der Waals surface area contributed by atoms with Crippen molar-refractivity contribution in [3.8, 4) is 0 Å². The van der Waals surface area contributed by atoms with Gasteiger partial charge in [-0.15, -0.1) is 11.3 Å². The number of nitrogens with zero attached hydrogens (tertiary/aromatic N) is 3. The predicted molar refractivity (Wildman–Crippen MR) is 107 cm³/mol. The van der Waals surface area contributed by atoms with Gasteiger partial charge in [-0.05, 0) is 50.0 Å². The number of nitrogens with two attached hydrogens (primary N) is 1. The largest absolute Gasteiger partial charge is 0.375 e. The molecule has 1 aliphatic rings. The first kappa shape index (κ1) is 17.2. The molecule has 3 heterocycles. The molecule has 0 unspecified atom stereocenters. The van der Waals surface area contributed by atoms with Crippen LogP contribution >= 0.6 is 11.3 Å². The van der Waals surface area contributed by atoms with Crippen molar-refractivity contribution < 1.29 is 0 Å². The van der Waals surface area contributed by atoms with Gasteiger partial charge in [0.1, 0.15) is 0 Å². The minimum absolute atomic E-state index is 0.0304. The number of likely N-dealkylation sites (tertiary alicyclic amines) is 1. The van der Waals surface area contributed by atoms with Crippen molar-refractivity contribution in [3.05, 3.63) is 76.6 Å². The van der Waals surface area contributed by atoms with Crippen LogP contribution in [0.1, 0.15) is 35.4 Å². The van der Waals surface area contributed by atoms with Crippen LogP contribution in [-0.4, -0.2) is 28.0 Å². The number of hydrogen-bond donors (Lipinski definition) is 1. The van der Waals surface area contributed by atoms with Gasteiger partial charge in [0.15, 0.2) is 5.13 Å². The predicted octanol–water partition coefficient (Wildman–Crippen LogP) is 4.01. The van der Waals surface area contributed by atoms with Crippen molar-refractivity contribution in [1.82, 2.24) is 14.9 Å². The highest BCUT2D eigenvalue weighted by atomic mass is 32.1. The number of aryl methyl sites for hydroxylation is 1. The van der Waals surface area contributed by atoms with E-state index in [9.17, 15) is 0 Å². The van der Waals surface area contributed by atoms with E-state index in [0.717, 1.165) is 43.9 Å². The standard InChI is InChI=1S/C21H24N4S/c1-16-7-8-17(13-23-16)14-25-11-9-21(10-12-25,18-5-3-2-4-6-18)19-15-26-20(22)24-19/h2-8,13,15H,9-12,14H2,1H3,(H2,22,24).